The summed E-state index contributed by atoms with van der Waals surface area (Å²) in [6.07, 6.45) is 3.54. The van der Waals surface area contributed by atoms with E-state index in [9.17, 15) is 4.79 Å². The zero-order valence-corrected chi connectivity index (χ0v) is 11.9. The van der Waals surface area contributed by atoms with Crippen LogP contribution < -0.4 is 10.2 Å². The second kappa shape index (κ2) is 6.45. The maximum Gasteiger partial charge on any atom is 0.241 e. The third-order valence-electron chi connectivity index (χ3n) is 3.54. The Hall–Kier alpha value is -1.71. The summed E-state index contributed by atoms with van der Waals surface area (Å²) in [5.41, 5.74) is 2.16. The quantitative estimate of drug-likeness (QED) is 0.902. The van der Waals surface area contributed by atoms with Crippen molar-refractivity contribution in [2.45, 2.75) is 19.3 Å². The Labute approximate surface area is 115 Å². The number of nitrogens with zero attached hydrogens (tertiary/aromatic N) is 2. The normalized spacial score (nSPS) is 15.2. The first-order valence-corrected chi connectivity index (χ1v) is 6.96. The molecule has 1 N–H and O–H groups in total. The molecule has 0 unspecified atom stereocenters. The molecule has 0 bridgehead atoms. The number of hydrogen-bond donors (Lipinski definition) is 1. The molecule has 2 rings (SSSR count). The van der Waals surface area contributed by atoms with Crippen LogP contribution in [0.2, 0.25) is 0 Å². The highest BCUT2D eigenvalue weighted by molar-refractivity contribution is 5.81. The zero-order chi connectivity index (χ0) is 13.7. The Morgan fingerprint density at radius 2 is 1.79 bits per heavy atom. The second-order valence-corrected chi connectivity index (χ2v) is 5.24. The van der Waals surface area contributed by atoms with Crippen molar-refractivity contribution in [2.75, 3.05) is 43.9 Å². The number of amides is 1. The van der Waals surface area contributed by atoms with Gasteiger partial charge in [0.05, 0.1) is 6.54 Å². The molecule has 0 aromatic heterocycles. The van der Waals surface area contributed by atoms with Crippen molar-refractivity contribution < 1.29 is 4.79 Å². The van der Waals surface area contributed by atoms with Crippen LogP contribution in [0.25, 0.3) is 0 Å². The number of hydrogen-bond acceptors (Lipinski definition) is 3. The number of anilines is 2. The summed E-state index contributed by atoms with van der Waals surface area (Å²) in [7, 11) is 4.03. The first kappa shape index (κ1) is 13.7. The van der Waals surface area contributed by atoms with Gasteiger partial charge < -0.3 is 15.1 Å². The van der Waals surface area contributed by atoms with E-state index in [1.165, 1.54) is 6.42 Å². The van der Waals surface area contributed by atoms with Gasteiger partial charge in [-0.05, 0) is 43.5 Å². The molecule has 0 saturated carbocycles. The van der Waals surface area contributed by atoms with Gasteiger partial charge in [0, 0.05) is 38.6 Å². The standard InChI is InChI=1S/C15H23N3O/c1-17(2)14-8-6-13(7-9-14)16-12-15(19)18-10-4-3-5-11-18/h6-9,16H,3-5,10-12H2,1-2H3. The molecule has 0 aliphatic carbocycles. The van der Waals surface area contributed by atoms with Crippen LogP contribution in [0, 0.1) is 0 Å². The van der Waals surface area contributed by atoms with Crippen molar-refractivity contribution in [3.05, 3.63) is 24.3 Å². The van der Waals surface area contributed by atoms with Crippen LogP contribution in [-0.4, -0.2) is 44.5 Å². The molecule has 0 spiro atoms. The van der Waals surface area contributed by atoms with Crippen molar-refractivity contribution in [2.24, 2.45) is 0 Å². The minimum absolute atomic E-state index is 0.205. The smallest absolute Gasteiger partial charge is 0.241 e. The van der Waals surface area contributed by atoms with Crippen LogP contribution in [0.15, 0.2) is 24.3 Å². The predicted molar refractivity (Wildman–Crippen MR) is 79.7 cm³/mol. The van der Waals surface area contributed by atoms with Crippen molar-refractivity contribution >= 4 is 17.3 Å². The maximum atomic E-state index is 12.0. The van der Waals surface area contributed by atoms with E-state index in [-0.39, 0.29) is 5.91 Å². The zero-order valence-electron chi connectivity index (χ0n) is 11.9. The van der Waals surface area contributed by atoms with Crippen LogP contribution >= 0.6 is 0 Å². The molecule has 1 fully saturated rings. The van der Waals surface area contributed by atoms with E-state index in [0.717, 1.165) is 37.3 Å². The van der Waals surface area contributed by atoms with E-state index < -0.39 is 0 Å². The summed E-state index contributed by atoms with van der Waals surface area (Å²) in [5.74, 6) is 0.205. The van der Waals surface area contributed by atoms with Gasteiger partial charge in [0.2, 0.25) is 5.91 Å². The molecule has 1 aliphatic heterocycles. The van der Waals surface area contributed by atoms with E-state index >= 15 is 0 Å². The first-order valence-electron chi connectivity index (χ1n) is 6.96. The molecule has 0 atom stereocenters. The Bertz CT molecular complexity index is 408. The fourth-order valence-electron chi connectivity index (χ4n) is 2.31. The van der Waals surface area contributed by atoms with Crippen molar-refractivity contribution in [1.29, 1.82) is 0 Å². The second-order valence-electron chi connectivity index (χ2n) is 5.24. The van der Waals surface area contributed by atoms with E-state index in [1.54, 1.807) is 0 Å². The van der Waals surface area contributed by atoms with Gasteiger partial charge in [0.15, 0.2) is 0 Å². The maximum absolute atomic E-state index is 12.0. The summed E-state index contributed by atoms with van der Waals surface area (Å²) in [5, 5.41) is 3.20. The molecule has 1 heterocycles. The van der Waals surface area contributed by atoms with E-state index in [4.69, 9.17) is 0 Å². The number of carbonyl (C=O) groups is 1. The first-order chi connectivity index (χ1) is 9.16. The van der Waals surface area contributed by atoms with Gasteiger partial charge in [-0.2, -0.15) is 0 Å². The number of nitrogens with one attached hydrogen (secondary N) is 1. The predicted octanol–water partition coefficient (Wildman–Crippen LogP) is 2.18. The van der Waals surface area contributed by atoms with Gasteiger partial charge in [0.1, 0.15) is 0 Å². The fourth-order valence-corrected chi connectivity index (χ4v) is 2.31. The number of rotatable bonds is 4. The minimum Gasteiger partial charge on any atom is -0.378 e. The summed E-state index contributed by atoms with van der Waals surface area (Å²) >= 11 is 0. The third-order valence-corrected chi connectivity index (χ3v) is 3.54. The van der Waals surface area contributed by atoms with E-state index in [1.807, 2.05) is 43.3 Å². The van der Waals surface area contributed by atoms with Crippen molar-refractivity contribution in [3.8, 4) is 0 Å². The highest BCUT2D eigenvalue weighted by atomic mass is 16.2. The lowest BCUT2D eigenvalue weighted by Gasteiger charge is -2.27. The lowest BCUT2D eigenvalue weighted by molar-refractivity contribution is -0.130. The average molecular weight is 261 g/mol. The van der Waals surface area contributed by atoms with Crippen LogP contribution in [0.5, 0.6) is 0 Å². The Morgan fingerprint density at radius 3 is 2.37 bits per heavy atom. The average Bonchev–Trinajstić information content (AvgIpc) is 2.46. The van der Waals surface area contributed by atoms with Gasteiger partial charge in [-0.15, -0.1) is 0 Å². The highest BCUT2D eigenvalue weighted by Crippen LogP contribution is 2.15. The molecule has 1 saturated heterocycles. The molecular weight excluding hydrogens is 238 g/mol. The van der Waals surface area contributed by atoms with Crippen LogP contribution in [-0.2, 0) is 4.79 Å². The van der Waals surface area contributed by atoms with Crippen molar-refractivity contribution in [1.82, 2.24) is 4.90 Å². The minimum atomic E-state index is 0.205. The highest BCUT2D eigenvalue weighted by Gasteiger charge is 2.15. The number of carbonyl (C=O) groups excluding carboxylic acids is 1. The summed E-state index contributed by atoms with van der Waals surface area (Å²) in [6.45, 7) is 2.22. The van der Waals surface area contributed by atoms with E-state index in [0.29, 0.717) is 6.54 Å². The van der Waals surface area contributed by atoms with Gasteiger partial charge >= 0.3 is 0 Å². The van der Waals surface area contributed by atoms with Gasteiger partial charge in [-0.1, -0.05) is 0 Å². The van der Waals surface area contributed by atoms with Crippen LogP contribution in [0.3, 0.4) is 0 Å². The molecule has 1 aliphatic rings. The lowest BCUT2D eigenvalue weighted by atomic mass is 10.1. The lowest BCUT2D eigenvalue weighted by Crippen LogP contribution is -2.39. The SMILES string of the molecule is CN(C)c1ccc(NCC(=O)N2CCCCC2)cc1. The Morgan fingerprint density at radius 1 is 1.16 bits per heavy atom. The molecule has 104 valence electrons. The molecule has 4 nitrogen and oxygen atoms in total. The van der Waals surface area contributed by atoms with Gasteiger partial charge in [-0.3, -0.25) is 4.79 Å². The fraction of sp³-hybridized carbons (Fsp3) is 0.533. The molecule has 19 heavy (non-hydrogen) atoms. The third kappa shape index (κ3) is 3.88. The van der Waals surface area contributed by atoms with Crippen molar-refractivity contribution in [3.63, 3.8) is 0 Å². The van der Waals surface area contributed by atoms with Crippen LogP contribution in [0.4, 0.5) is 11.4 Å². The Balaban J connectivity index is 1.82. The molecule has 4 heteroatoms. The summed E-state index contributed by atoms with van der Waals surface area (Å²) in [6, 6.07) is 8.12. The molecular formula is C15H23N3O. The summed E-state index contributed by atoms with van der Waals surface area (Å²) in [4.78, 5) is 16.0. The molecule has 0 radical (unpaired) electrons. The van der Waals surface area contributed by atoms with Gasteiger partial charge in [-0.25, -0.2) is 0 Å². The number of benzene rings is 1. The number of likely N-dealkylation sites (tertiary alicyclic amines) is 1. The van der Waals surface area contributed by atoms with E-state index in [2.05, 4.69) is 10.2 Å². The largest absolute Gasteiger partial charge is 0.378 e. The molecule has 1 amide bonds. The van der Waals surface area contributed by atoms with Gasteiger partial charge in [0.25, 0.3) is 0 Å². The Kier molecular flexibility index (Phi) is 4.66. The number of piperidine rings is 1. The summed E-state index contributed by atoms with van der Waals surface area (Å²) < 4.78 is 0. The topological polar surface area (TPSA) is 35.6 Å². The van der Waals surface area contributed by atoms with Crippen LogP contribution in [0.1, 0.15) is 19.3 Å². The molecule has 1 aromatic carbocycles. The monoisotopic (exact) mass is 261 g/mol. The molecule has 1 aromatic rings.